The van der Waals surface area contributed by atoms with Crippen LogP contribution < -0.4 is 15.4 Å². The Morgan fingerprint density at radius 3 is 2.78 bits per heavy atom. The number of nitrogens with one attached hydrogen (secondary N) is 2. The van der Waals surface area contributed by atoms with Crippen molar-refractivity contribution in [2.75, 3.05) is 43.5 Å². The Kier molecular flexibility index (Phi) is 6.55. The summed E-state index contributed by atoms with van der Waals surface area (Å²) in [5, 5.41) is 14.1. The number of amides is 3. The number of anilines is 2. The lowest BCUT2D eigenvalue weighted by molar-refractivity contribution is -0.134. The van der Waals surface area contributed by atoms with Crippen molar-refractivity contribution >= 4 is 34.1 Å². The van der Waals surface area contributed by atoms with Gasteiger partial charge >= 0.3 is 6.03 Å². The number of hydrogen-bond acceptors (Lipinski definition) is 7. The molecule has 0 radical (unpaired) electrons. The molecule has 0 spiro atoms. The van der Waals surface area contributed by atoms with Crippen molar-refractivity contribution in [2.24, 2.45) is 0 Å². The topological polar surface area (TPSA) is 106 Å². The van der Waals surface area contributed by atoms with Crippen molar-refractivity contribution in [3.63, 3.8) is 0 Å². The fourth-order valence-electron chi connectivity index (χ4n) is 2.53. The van der Waals surface area contributed by atoms with E-state index in [9.17, 15) is 9.59 Å². The monoisotopic (exact) mass is 391 g/mol. The van der Waals surface area contributed by atoms with Crippen LogP contribution in [-0.4, -0.2) is 59.9 Å². The number of ether oxygens (including phenoxy) is 2. The van der Waals surface area contributed by atoms with Gasteiger partial charge in [-0.2, -0.15) is 0 Å². The van der Waals surface area contributed by atoms with E-state index in [0.29, 0.717) is 54.5 Å². The molecule has 1 aliphatic heterocycles. The lowest BCUT2D eigenvalue weighted by atomic mass is 10.3. The molecule has 0 aliphatic carbocycles. The summed E-state index contributed by atoms with van der Waals surface area (Å²) < 4.78 is 10.7. The highest BCUT2D eigenvalue weighted by molar-refractivity contribution is 7.15. The van der Waals surface area contributed by atoms with E-state index < -0.39 is 6.03 Å². The molecule has 3 rings (SSSR count). The number of aromatic nitrogens is 2. The molecule has 1 fully saturated rings. The maximum atomic E-state index is 12.2. The molecular formula is C17H21N5O4S. The van der Waals surface area contributed by atoms with Gasteiger partial charge in [-0.05, 0) is 19.1 Å². The Morgan fingerprint density at radius 2 is 2.00 bits per heavy atom. The van der Waals surface area contributed by atoms with Gasteiger partial charge in [0.2, 0.25) is 11.0 Å². The molecule has 10 heteroatoms. The standard InChI is InChI=1S/C17H21N5O4S/c1-2-26-13-6-4-3-5-12(13)18-16(24)19-17-21-20-14(27-17)11-15(23)22-7-9-25-10-8-22/h3-6H,2,7-11H2,1H3,(H2,18,19,21,24). The van der Waals surface area contributed by atoms with Crippen LogP contribution in [0.2, 0.25) is 0 Å². The maximum Gasteiger partial charge on any atom is 0.325 e. The van der Waals surface area contributed by atoms with Crippen molar-refractivity contribution in [3.05, 3.63) is 29.3 Å². The van der Waals surface area contributed by atoms with Crippen LogP contribution in [0.25, 0.3) is 0 Å². The molecule has 144 valence electrons. The average Bonchev–Trinajstić information content (AvgIpc) is 3.11. The third-order valence-electron chi connectivity index (χ3n) is 3.79. The molecule has 1 aromatic carbocycles. The summed E-state index contributed by atoms with van der Waals surface area (Å²) >= 11 is 1.17. The Bertz CT molecular complexity index is 791. The summed E-state index contributed by atoms with van der Waals surface area (Å²) in [4.78, 5) is 26.2. The summed E-state index contributed by atoms with van der Waals surface area (Å²) in [7, 11) is 0. The normalized spacial score (nSPS) is 13.9. The van der Waals surface area contributed by atoms with Crippen LogP contribution in [0, 0.1) is 0 Å². The summed E-state index contributed by atoms with van der Waals surface area (Å²) in [6, 6.07) is 6.70. The van der Waals surface area contributed by atoms with Gasteiger partial charge in [0, 0.05) is 13.1 Å². The van der Waals surface area contributed by atoms with Crippen LogP contribution in [0.1, 0.15) is 11.9 Å². The van der Waals surface area contributed by atoms with E-state index in [1.807, 2.05) is 13.0 Å². The summed E-state index contributed by atoms with van der Waals surface area (Å²) in [5.74, 6) is 0.570. The molecule has 27 heavy (non-hydrogen) atoms. The Balaban J connectivity index is 1.54. The molecule has 1 saturated heterocycles. The van der Waals surface area contributed by atoms with E-state index in [1.54, 1.807) is 23.1 Å². The van der Waals surface area contributed by atoms with Crippen LogP contribution >= 0.6 is 11.3 Å². The molecule has 0 atom stereocenters. The molecule has 2 aromatic rings. The van der Waals surface area contributed by atoms with E-state index in [2.05, 4.69) is 20.8 Å². The van der Waals surface area contributed by atoms with Crippen molar-refractivity contribution in [3.8, 4) is 5.75 Å². The van der Waals surface area contributed by atoms with Gasteiger partial charge in [-0.25, -0.2) is 4.79 Å². The van der Waals surface area contributed by atoms with Crippen LogP contribution in [0.5, 0.6) is 5.75 Å². The largest absolute Gasteiger partial charge is 0.492 e. The molecular weight excluding hydrogens is 370 g/mol. The first-order chi connectivity index (χ1) is 13.2. The minimum Gasteiger partial charge on any atom is -0.492 e. The van der Waals surface area contributed by atoms with Gasteiger partial charge in [-0.1, -0.05) is 23.5 Å². The van der Waals surface area contributed by atoms with Crippen LogP contribution in [0.4, 0.5) is 15.6 Å². The van der Waals surface area contributed by atoms with Crippen molar-refractivity contribution < 1.29 is 19.1 Å². The molecule has 2 N–H and O–H groups in total. The molecule has 3 amide bonds. The Hall–Kier alpha value is -2.72. The molecule has 0 unspecified atom stereocenters. The molecule has 2 heterocycles. The van der Waals surface area contributed by atoms with E-state index >= 15 is 0 Å². The van der Waals surface area contributed by atoms with E-state index in [4.69, 9.17) is 9.47 Å². The molecule has 9 nitrogen and oxygen atoms in total. The van der Waals surface area contributed by atoms with Crippen molar-refractivity contribution in [1.82, 2.24) is 15.1 Å². The van der Waals surface area contributed by atoms with E-state index in [1.165, 1.54) is 11.3 Å². The van der Waals surface area contributed by atoms with Crippen LogP contribution in [0.15, 0.2) is 24.3 Å². The van der Waals surface area contributed by atoms with E-state index in [0.717, 1.165) is 0 Å². The van der Waals surface area contributed by atoms with Gasteiger partial charge in [0.25, 0.3) is 0 Å². The average molecular weight is 391 g/mol. The van der Waals surface area contributed by atoms with Gasteiger partial charge < -0.3 is 19.7 Å². The first kappa shape index (κ1) is 19.1. The highest BCUT2D eigenvalue weighted by atomic mass is 32.1. The van der Waals surface area contributed by atoms with Gasteiger partial charge in [-0.15, -0.1) is 10.2 Å². The zero-order valence-electron chi connectivity index (χ0n) is 14.9. The molecule has 1 aliphatic rings. The smallest absolute Gasteiger partial charge is 0.325 e. The Labute approximate surface area is 160 Å². The minimum atomic E-state index is -0.454. The molecule has 1 aromatic heterocycles. The fourth-order valence-corrected chi connectivity index (χ4v) is 3.26. The summed E-state index contributed by atoms with van der Waals surface area (Å²) in [5.41, 5.74) is 0.559. The van der Waals surface area contributed by atoms with Crippen LogP contribution in [-0.2, 0) is 16.0 Å². The number of carbonyl (C=O) groups is 2. The lowest BCUT2D eigenvalue weighted by Gasteiger charge is -2.26. The van der Waals surface area contributed by atoms with E-state index in [-0.39, 0.29) is 12.3 Å². The van der Waals surface area contributed by atoms with Crippen LogP contribution in [0.3, 0.4) is 0 Å². The first-order valence-electron chi connectivity index (χ1n) is 8.63. The number of urea groups is 1. The van der Waals surface area contributed by atoms with Crippen molar-refractivity contribution in [1.29, 1.82) is 0 Å². The highest BCUT2D eigenvalue weighted by Crippen LogP contribution is 2.24. The molecule has 0 saturated carbocycles. The predicted molar refractivity (Wildman–Crippen MR) is 101 cm³/mol. The number of nitrogens with zero attached hydrogens (tertiary/aromatic N) is 3. The zero-order chi connectivity index (χ0) is 19.1. The quantitative estimate of drug-likeness (QED) is 0.780. The second-order valence-electron chi connectivity index (χ2n) is 5.68. The fraction of sp³-hybridized carbons (Fsp3) is 0.412. The third-order valence-corrected chi connectivity index (χ3v) is 4.63. The number of para-hydroxylation sites is 2. The summed E-state index contributed by atoms with van der Waals surface area (Å²) in [6.45, 7) is 4.65. The number of hydrogen-bond donors (Lipinski definition) is 2. The number of rotatable bonds is 6. The third kappa shape index (κ3) is 5.38. The zero-order valence-corrected chi connectivity index (χ0v) is 15.8. The number of morpholine rings is 1. The van der Waals surface area contributed by atoms with Gasteiger partial charge in [0.1, 0.15) is 10.8 Å². The Morgan fingerprint density at radius 1 is 1.22 bits per heavy atom. The second-order valence-corrected chi connectivity index (χ2v) is 6.74. The second kappa shape index (κ2) is 9.28. The maximum absolute atomic E-state index is 12.2. The lowest BCUT2D eigenvalue weighted by Crippen LogP contribution is -2.41. The molecule has 0 bridgehead atoms. The van der Waals surface area contributed by atoms with Gasteiger partial charge in [0.15, 0.2) is 0 Å². The number of benzene rings is 1. The SMILES string of the molecule is CCOc1ccccc1NC(=O)Nc1nnc(CC(=O)N2CCOCC2)s1. The first-order valence-corrected chi connectivity index (χ1v) is 9.45. The van der Waals surface area contributed by atoms with Gasteiger partial charge in [0.05, 0.1) is 31.9 Å². The van der Waals surface area contributed by atoms with Crippen molar-refractivity contribution in [2.45, 2.75) is 13.3 Å². The minimum absolute atomic E-state index is 0.0175. The summed E-state index contributed by atoms with van der Waals surface area (Å²) in [6.07, 6.45) is 0.161. The number of carbonyl (C=O) groups excluding carboxylic acids is 2. The van der Waals surface area contributed by atoms with Gasteiger partial charge in [-0.3, -0.25) is 10.1 Å². The predicted octanol–water partition coefficient (Wildman–Crippen LogP) is 1.98. The highest BCUT2D eigenvalue weighted by Gasteiger charge is 2.19.